The summed E-state index contributed by atoms with van der Waals surface area (Å²) >= 11 is 0. The monoisotopic (exact) mass is 351 g/mol. The number of ether oxygens (including phenoxy) is 2. The fourth-order valence-electron chi connectivity index (χ4n) is 5.08. The molecule has 2 aromatic rings. The van der Waals surface area contributed by atoms with Crippen LogP contribution in [0.1, 0.15) is 18.4 Å². The summed E-state index contributed by atoms with van der Waals surface area (Å²) in [6, 6.07) is 7.56. The number of hydrogen-bond donors (Lipinski definition) is 1. The number of rotatable bonds is 4. The molecule has 1 N–H and O–H groups in total. The number of hydrogen-bond acceptors (Lipinski definition) is 5. The molecule has 3 aliphatic rings. The van der Waals surface area contributed by atoms with Crippen LogP contribution >= 0.6 is 0 Å². The Kier molecular flexibility index (Phi) is 3.50. The number of nitrogens with one attached hydrogen (secondary N) is 1. The van der Waals surface area contributed by atoms with Crippen molar-refractivity contribution >= 4 is 11.6 Å². The van der Waals surface area contributed by atoms with Crippen molar-refractivity contribution in [2.75, 3.05) is 12.4 Å². The minimum atomic E-state index is -0.185. The third-order valence-electron chi connectivity index (χ3n) is 6.29. The van der Waals surface area contributed by atoms with E-state index in [-0.39, 0.29) is 30.0 Å². The molecule has 6 heteroatoms. The Balaban J connectivity index is 1.42. The van der Waals surface area contributed by atoms with Crippen molar-refractivity contribution in [1.29, 1.82) is 0 Å². The van der Waals surface area contributed by atoms with Gasteiger partial charge in [-0.2, -0.15) is 0 Å². The molecule has 0 aromatic carbocycles. The molecular weight excluding hydrogens is 330 g/mol. The van der Waals surface area contributed by atoms with Crippen LogP contribution in [0.25, 0.3) is 0 Å². The topological polar surface area (TPSA) is 73.3 Å². The van der Waals surface area contributed by atoms with Gasteiger partial charge >= 0.3 is 0 Å². The second kappa shape index (κ2) is 5.77. The number of aromatic nitrogens is 2. The molecule has 2 saturated heterocycles. The lowest BCUT2D eigenvalue weighted by Gasteiger charge is -2.27. The molecule has 134 valence electrons. The smallest absolute Gasteiger partial charge is 0.230 e. The maximum absolute atomic E-state index is 13.1. The van der Waals surface area contributed by atoms with Gasteiger partial charge in [0, 0.05) is 24.4 Å². The van der Waals surface area contributed by atoms with E-state index in [1.165, 1.54) is 0 Å². The van der Waals surface area contributed by atoms with E-state index in [2.05, 4.69) is 22.2 Å². The van der Waals surface area contributed by atoms with Gasteiger partial charge in [-0.3, -0.25) is 9.78 Å². The molecule has 2 bridgehead atoms. The van der Waals surface area contributed by atoms with E-state index in [0.29, 0.717) is 29.3 Å². The van der Waals surface area contributed by atoms with Crippen molar-refractivity contribution in [2.24, 2.45) is 23.7 Å². The Hall–Kier alpha value is -2.47. The average Bonchev–Trinajstić information content (AvgIpc) is 3.04. The van der Waals surface area contributed by atoms with Gasteiger partial charge in [-0.1, -0.05) is 6.92 Å². The highest BCUT2D eigenvalue weighted by Crippen LogP contribution is 2.68. The lowest BCUT2D eigenvalue weighted by molar-refractivity contribution is -0.122. The highest BCUT2D eigenvalue weighted by molar-refractivity contribution is 5.94. The Morgan fingerprint density at radius 3 is 2.62 bits per heavy atom. The lowest BCUT2D eigenvalue weighted by atomic mass is 9.75. The maximum atomic E-state index is 13.1. The molecule has 3 fully saturated rings. The minimum Gasteiger partial charge on any atom is -0.481 e. The molecule has 0 spiro atoms. The molecule has 26 heavy (non-hydrogen) atoms. The number of anilines is 1. The van der Waals surface area contributed by atoms with Crippen LogP contribution in [0.5, 0.6) is 5.88 Å². The van der Waals surface area contributed by atoms with Crippen LogP contribution in [0.15, 0.2) is 42.9 Å². The second-order valence-electron chi connectivity index (χ2n) is 7.49. The third-order valence-corrected chi connectivity index (χ3v) is 6.29. The molecule has 0 radical (unpaired) electrons. The normalized spacial score (nSPS) is 36.5. The van der Waals surface area contributed by atoms with E-state index < -0.39 is 0 Å². The standard InChI is InChI=1S/C20H21N3O3/c1-10-14-15(10)19-17(16(18(14)26-19)11-5-7-21-8-6-11)20(24)23-12-3-4-13(25-2)22-9-12/h3-10,14-19H,1-2H3,(H,23,24)/t10-,14?,15?,16-,17-,18+,19-/m1/s1. The van der Waals surface area contributed by atoms with Crippen LogP contribution in [0.4, 0.5) is 5.69 Å². The highest BCUT2D eigenvalue weighted by atomic mass is 16.5. The molecule has 2 unspecified atom stereocenters. The molecule has 5 rings (SSSR count). The molecule has 1 amide bonds. The summed E-state index contributed by atoms with van der Waals surface area (Å²) in [6.45, 7) is 2.27. The molecule has 1 aliphatic carbocycles. The summed E-state index contributed by atoms with van der Waals surface area (Å²) in [5.41, 5.74) is 1.81. The van der Waals surface area contributed by atoms with E-state index in [4.69, 9.17) is 9.47 Å². The minimum absolute atomic E-state index is 0.00355. The molecule has 2 aliphatic heterocycles. The Morgan fingerprint density at radius 2 is 1.92 bits per heavy atom. The number of nitrogens with zero attached hydrogens (tertiary/aromatic N) is 2. The molecular formula is C20H21N3O3. The van der Waals surface area contributed by atoms with Crippen molar-refractivity contribution in [1.82, 2.24) is 9.97 Å². The van der Waals surface area contributed by atoms with Gasteiger partial charge in [-0.25, -0.2) is 4.98 Å². The fraction of sp³-hybridized carbons (Fsp3) is 0.450. The van der Waals surface area contributed by atoms with Crippen molar-refractivity contribution in [2.45, 2.75) is 25.0 Å². The number of carbonyl (C=O) groups is 1. The van der Waals surface area contributed by atoms with Crippen LogP contribution < -0.4 is 10.1 Å². The molecule has 7 atom stereocenters. The van der Waals surface area contributed by atoms with Gasteiger partial charge in [0.2, 0.25) is 11.8 Å². The van der Waals surface area contributed by atoms with Crippen LogP contribution in [0.3, 0.4) is 0 Å². The summed E-state index contributed by atoms with van der Waals surface area (Å²) in [5, 5.41) is 3.02. The summed E-state index contributed by atoms with van der Waals surface area (Å²) in [6.07, 6.45) is 5.33. The first-order valence-corrected chi connectivity index (χ1v) is 9.05. The molecule has 2 aromatic heterocycles. The zero-order chi connectivity index (χ0) is 17.8. The van der Waals surface area contributed by atoms with Crippen LogP contribution in [0.2, 0.25) is 0 Å². The van der Waals surface area contributed by atoms with Crippen molar-refractivity contribution in [3.05, 3.63) is 48.4 Å². The summed E-state index contributed by atoms with van der Waals surface area (Å²) in [7, 11) is 1.57. The van der Waals surface area contributed by atoms with Crippen molar-refractivity contribution in [3.63, 3.8) is 0 Å². The molecule has 1 saturated carbocycles. The van der Waals surface area contributed by atoms with Gasteiger partial charge in [0.1, 0.15) is 0 Å². The van der Waals surface area contributed by atoms with E-state index >= 15 is 0 Å². The van der Waals surface area contributed by atoms with E-state index in [1.807, 2.05) is 18.2 Å². The predicted octanol–water partition coefficient (Wildman–Crippen LogP) is 2.49. The first kappa shape index (κ1) is 15.8. The maximum Gasteiger partial charge on any atom is 0.230 e. The van der Waals surface area contributed by atoms with Gasteiger partial charge in [0.05, 0.1) is 37.1 Å². The van der Waals surface area contributed by atoms with Gasteiger partial charge in [0.15, 0.2) is 0 Å². The quantitative estimate of drug-likeness (QED) is 0.916. The highest BCUT2D eigenvalue weighted by Gasteiger charge is 2.72. The number of amides is 1. The zero-order valence-electron chi connectivity index (χ0n) is 14.7. The van der Waals surface area contributed by atoms with Crippen LogP contribution in [0, 0.1) is 23.7 Å². The van der Waals surface area contributed by atoms with Gasteiger partial charge in [0.25, 0.3) is 0 Å². The van der Waals surface area contributed by atoms with Crippen molar-refractivity contribution < 1.29 is 14.3 Å². The second-order valence-corrected chi connectivity index (χ2v) is 7.49. The van der Waals surface area contributed by atoms with Crippen molar-refractivity contribution in [3.8, 4) is 5.88 Å². The van der Waals surface area contributed by atoms with E-state index in [0.717, 1.165) is 5.56 Å². The SMILES string of the molecule is COc1ccc(NC(=O)[C@@H]2[C@@H](c3ccncc3)[C@H]3O[C@@H]2C2C3[C@H]2C)cn1. The third kappa shape index (κ3) is 2.25. The number of methoxy groups -OCH3 is 1. The Bertz CT molecular complexity index is 826. The Labute approximate surface area is 151 Å². The summed E-state index contributed by atoms with van der Waals surface area (Å²) in [4.78, 5) is 21.4. The first-order chi connectivity index (χ1) is 12.7. The largest absolute Gasteiger partial charge is 0.481 e. The number of fused-ring (bicyclic) bond motifs is 5. The van der Waals surface area contributed by atoms with Gasteiger partial charge in [-0.15, -0.1) is 0 Å². The summed E-state index contributed by atoms with van der Waals surface area (Å²) < 4.78 is 11.3. The molecule has 6 nitrogen and oxygen atoms in total. The number of carbonyl (C=O) groups excluding carboxylic acids is 1. The van der Waals surface area contributed by atoms with Crippen LogP contribution in [-0.2, 0) is 9.53 Å². The van der Waals surface area contributed by atoms with E-state index in [1.54, 1.807) is 31.8 Å². The van der Waals surface area contributed by atoms with Gasteiger partial charge < -0.3 is 14.8 Å². The lowest BCUT2D eigenvalue weighted by Crippen LogP contribution is -2.37. The summed E-state index contributed by atoms with van der Waals surface area (Å²) in [5.74, 6) is 2.17. The number of pyridine rings is 2. The molecule has 4 heterocycles. The Morgan fingerprint density at radius 1 is 1.15 bits per heavy atom. The predicted molar refractivity (Wildman–Crippen MR) is 94.7 cm³/mol. The first-order valence-electron chi connectivity index (χ1n) is 9.05. The average molecular weight is 351 g/mol. The zero-order valence-corrected chi connectivity index (χ0v) is 14.7. The van der Waals surface area contributed by atoms with E-state index in [9.17, 15) is 4.79 Å². The van der Waals surface area contributed by atoms with Crippen LogP contribution in [-0.4, -0.2) is 35.2 Å². The van der Waals surface area contributed by atoms with Gasteiger partial charge in [-0.05, 0) is 41.5 Å². The fourth-order valence-corrected chi connectivity index (χ4v) is 5.08.